The second-order valence-corrected chi connectivity index (χ2v) is 6.54. The summed E-state index contributed by atoms with van der Waals surface area (Å²) in [6.07, 6.45) is 2.40. The van der Waals surface area contributed by atoms with Crippen molar-refractivity contribution in [2.75, 3.05) is 6.54 Å². The summed E-state index contributed by atoms with van der Waals surface area (Å²) < 4.78 is 0. The van der Waals surface area contributed by atoms with E-state index >= 15 is 0 Å². The fourth-order valence-corrected chi connectivity index (χ4v) is 3.67. The summed E-state index contributed by atoms with van der Waals surface area (Å²) in [6, 6.07) is 7.82. The molecule has 1 unspecified atom stereocenters. The van der Waals surface area contributed by atoms with Crippen molar-refractivity contribution in [1.82, 2.24) is 15.2 Å². The highest BCUT2D eigenvalue weighted by Gasteiger charge is 2.29. The van der Waals surface area contributed by atoms with Crippen molar-refractivity contribution in [1.29, 1.82) is 0 Å². The Labute approximate surface area is 139 Å². The first-order valence-corrected chi connectivity index (χ1v) is 8.55. The first kappa shape index (κ1) is 15.7. The molecule has 0 radical (unpaired) electrons. The standard InChI is InChI=1S/C17H19N3O2S/c1-12-16(23-10-19-12)14-6-4-13(5-7-14)9-18-17(22)15-3-2-8-20(15)11-21/h4-7,10-11,15H,2-3,8-9H2,1H3,(H,18,22). The van der Waals surface area contributed by atoms with Crippen molar-refractivity contribution in [2.45, 2.75) is 32.4 Å². The topological polar surface area (TPSA) is 62.3 Å². The maximum absolute atomic E-state index is 12.2. The maximum atomic E-state index is 12.2. The summed E-state index contributed by atoms with van der Waals surface area (Å²) in [7, 11) is 0. The van der Waals surface area contributed by atoms with Gasteiger partial charge in [0.25, 0.3) is 0 Å². The molecule has 23 heavy (non-hydrogen) atoms. The molecule has 1 aromatic heterocycles. The smallest absolute Gasteiger partial charge is 0.243 e. The SMILES string of the molecule is Cc1ncsc1-c1ccc(CNC(=O)C2CCCN2C=O)cc1. The molecule has 5 nitrogen and oxygen atoms in total. The largest absolute Gasteiger partial charge is 0.350 e. The molecular weight excluding hydrogens is 310 g/mol. The van der Waals surface area contributed by atoms with Gasteiger partial charge in [-0.25, -0.2) is 4.98 Å². The number of likely N-dealkylation sites (tertiary alicyclic amines) is 1. The van der Waals surface area contributed by atoms with Crippen molar-refractivity contribution >= 4 is 23.7 Å². The van der Waals surface area contributed by atoms with Crippen LogP contribution in [0, 0.1) is 6.92 Å². The van der Waals surface area contributed by atoms with Gasteiger partial charge in [-0.15, -0.1) is 11.3 Å². The van der Waals surface area contributed by atoms with E-state index in [2.05, 4.69) is 22.4 Å². The molecule has 1 aromatic carbocycles. The summed E-state index contributed by atoms with van der Waals surface area (Å²) in [5, 5.41) is 2.92. The Kier molecular flexibility index (Phi) is 4.71. The van der Waals surface area contributed by atoms with E-state index in [9.17, 15) is 9.59 Å². The second kappa shape index (κ2) is 6.91. The van der Waals surface area contributed by atoms with Crippen LogP contribution >= 0.6 is 11.3 Å². The van der Waals surface area contributed by atoms with Crippen LogP contribution in [0.15, 0.2) is 29.8 Å². The summed E-state index contributed by atoms with van der Waals surface area (Å²) in [5.74, 6) is -0.0722. The van der Waals surface area contributed by atoms with Gasteiger partial charge in [0.15, 0.2) is 0 Å². The number of thiazole rings is 1. The van der Waals surface area contributed by atoms with Crippen LogP contribution in [0.2, 0.25) is 0 Å². The lowest BCUT2D eigenvalue weighted by Gasteiger charge is -2.19. The number of nitrogens with one attached hydrogen (secondary N) is 1. The van der Waals surface area contributed by atoms with Crippen LogP contribution in [-0.2, 0) is 16.1 Å². The Morgan fingerprint density at radius 2 is 2.22 bits per heavy atom. The van der Waals surface area contributed by atoms with Gasteiger partial charge in [0.2, 0.25) is 12.3 Å². The normalized spacial score (nSPS) is 17.3. The van der Waals surface area contributed by atoms with E-state index < -0.39 is 0 Å². The quantitative estimate of drug-likeness (QED) is 0.857. The zero-order chi connectivity index (χ0) is 16.2. The Balaban J connectivity index is 1.60. The van der Waals surface area contributed by atoms with Crippen molar-refractivity contribution in [3.63, 3.8) is 0 Å². The van der Waals surface area contributed by atoms with Crippen molar-refractivity contribution in [3.8, 4) is 10.4 Å². The van der Waals surface area contributed by atoms with Gasteiger partial charge in [-0.1, -0.05) is 24.3 Å². The molecule has 1 aliphatic heterocycles. The lowest BCUT2D eigenvalue weighted by Crippen LogP contribution is -2.42. The highest BCUT2D eigenvalue weighted by Crippen LogP contribution is 2.27. The molecule has 1 atom stereocenters. The molecular formula is C17H19N3O2S. The van der Waals surface area contributed by atoms with Gasteiger partial charge in [-0.2, -0.15) is 0 Å². The molecule has 6 heteroatoms. The summed E-state index contributed by atoms with van der Waals surface area (Å²) in [4.78, 5) is 30.1. The zero-order valence-electron chi connectivity index (χ0n) is 13.0. The van der Waals surface area contributed by atoms with Gasteiger partial charge in [0.05, 0.1) is 16.1 Å². The number of amides is 2. The summed E-state index contributed by atoms with van der Waals surface area (Å²) in [6.45, 7) is 3.15. The molecule has 0 aliphatic carbocycles. The number of carbonyl (C=O) groups is 2. The van der Waals surface area contributed by atoms with Gasteiger partial charge in [-0.3, -0.25) is 9.59 Å². The Morgan fingerprint density at radius 1 is 1.43 bits per heavy atom. The van der Waals surface area contributed by atoms with Gasteiger partial charge in [-0.05, 0) is 30.9 Å². The van der Waals surface area contributed by atoms with E-state index in [1.165, 1.54) is 4.88 Å². The number of rotatable bonds is 5. The van der Waals surface area contributed by atoms with E-state index in [4.69, 9.17) is 0 Å². The van der Waals surface area contributed by atoms with Crippen LogP contribution < -0.4 is 5.32 Å². The minimum Gasteiger partial charge on any atom is -0.350 e. The third-order valence-electron chi connectivity index (χ3n) is 4.16. The minimum atomic E-state index is -0.313. The molecule has 0 bridgehead atoms. The second-order valence-electron chi connectivity index (χ2n) is 5.68. The molecule has 1 N–H and O–H groups in total. The van der Waals surface area contributed by atoms with E-state index in [1.807, 2.05) is 24.6 Å². The number of aromatic nitrogens is 1. The molecule has 0 saturated carbocycles. The van der Waals surface area contributed by atoms with Gasteiger partial charge in [0.1, 0.15) is 6.04 Å². The maximum Gasteiger partial charge on any atom is 0.243 e. The average molecular weight is 329 g/mol. The molecule has 2 amide bonds. The molecule has 1 fully saturated rings. The number of aryl methyl sites for hydroxylation is 1. The van der Waals surface area contributed by atoms with Crippen LogP contribution in [0.4, 0.5) is 0 Å². The van der Waals surface area contributed by atoms with E-state index in [1.54, 1.807) is 16.2 Å². The lowest BCUT2D eigenvalue weighted by molar-refractivity contribution is -0.131. The molecule has 1 aliphatic rings. The van der Waals surface area contributed by atoms with E-state index in [-0.39, 0.29) is 11.9 Å². The molecule has 2 heterocycles. The minimum absolute atomic E-state index is 0.0722. The first-order chi connectivity index (χ1) is 11.2. The molecule has 0 spiro atoms. The molecule has 2 aromatic rings. The molecule has 3 rings (SSSR count). The Hall–Kier alpha value is -2.21. The van der Waals surface area contributed by atoms with Crippen molar-refractivity contribution in [2.24, 2.45) is 0 Å². The van der Waals surface area contributed by atoms with Gasteiger partial charge >= 0.3 is 0 Å². The Morgan fingerprint density at radius 3 is 2.87 bits per heavy atom. The Bertz CT molecular complexity index is 696. The van der Waals surface area contributed by atoms with Crippen LogP contribution in [0.1, 0.15) is 24.1 Å². The van der Waals surface area contributed by atoms with E-state index in [0.29, 0.717) is 13.1 Å². The third-order valence-corrected chi connectivity index (χ3v) is 5.14. The predicted octanol–water partition coefficient (Wildman–Crippen LogP) is 2.36. The summed E-state index contributed by atoms with van der Waals surface area (Å²) >= 11 is 1.63. The van der Waals surface area contributed by atoms with Crippen molar-refractivity contribution < 1.29 is 9.59 Å². The molecule has 120 valence electrons. The first-order valence-electron chi connectivity index (χ1n) is 7.67. The fraction of sp³-hybridized carbons (Fsp3) is 0.353. The lowest BCUT2D eigenvalue weighted by atomic mass is 10.1. The number of carbonyl (C=O) groups excluding carboxylic acids is 2. The van der Waals surface area contributed by atoms with Crippen LogP contribution in [0.3, 0.4) is 0 Å². The third kappa shape index (κ3) is 3.42. The number of hydrogen-bond acceptors (Lipinski definition) is 4. The summed E-state index contributed by atoms with van der Waals surface area (Å²) in [5.41, 5.74) is 5.06. The highest BCUT2D eigenvalue weighted by atomic mass is 32.1. The highest BCUT2D eigenvalue weighted by molar-refractivity contribution is 7.13. The zero-order valence-corrected chi connectivity index (χ0v) is 13.8. The van der Waals surface area contributed by atoms with Crippen molar-refractivity contribution in [3.05, 3.63) is 41.0 Å². The van der Waals surface area contributed by atoms with Crippen LogP contribution in [-0.4, -0.2) is 34.8 Å². The number of benzene rings is 1. The van der Waals surface area contributed by atoms with Gasteiger partial charge in [0, 0.05) is 13.1 Å². The molecule has 1 saturated heterocycles. The average Bonchev–Trinajstić information content (AvgIpc) is 3.21. The van der Waals surface area contributed by atoms with Crippen LogP contribution in [0.5, 0.6) is 0 Å². The van der Waals surface area contributed by atoms with Gasteiger partial charge < -0.3 is 10.2 Å². The fourth-order valence-electron chi connectivity index (χ4n) is 2.86. The number of nitrogens with zero attached hydrogens (tertiary/aromatic N) is 2. The van der Waals surface area contributed by atoms with Crippen LogP contribution in [0.25, 0.3) is 10.4 Å². The number of hydrogen-bond donors (Lipinski definition) is 1. The monoisotopic (exact) mass is 329 g/mol. The van der Waals surface area contributed by atoms with E-state index in [0.717, 1.165) is 36.1 Å². The predicted molar refractivity (Wildman–Crippen MR) is 89.9 cm³/mol.